The summed E-state index contributed by atoms with van der Waals surface area (Å²) >= 11 is 7.86. The van der Waals surface area contributed by atoms with Crippen molar-refractivity contribution in [2.24, 2.45) is 0 Å². The maximum atomic E-state index is 13.9. The Morgan fingerprint density at radius 2 is 2.00 bits per heavy atom. The molecule has 1 fully saturated rings. The Labute approximate surface area is 131 Å². The molecule has 6 heteroatoms. The second-order valence-corrected chi connectivity index (χ2v) is 6.86. The number of aromatic nitrogens is 2. The fraction of sp³-hybridized carbons (Fsp3) is 0.533. The first-order chi connectivity index (χ1) is 10.1. The van der Waals surface area contributed by atoms with Crippen molar-refractivity contribution >= 4 is 34.4 Å². The maximum absolute atomic E-state index is 13.9. The highest BCUT2D eigenvalue weighted by molar-refractivity contribution is 7.99. The van der Waals surface area contributed by atoms with Crippen molar-refractivity contribution < 1.29 is 8.78 Å². The SMILES string of the molecule is CSC1CCC(n2c(CCl)nc3c(F)cc(F)cc32)CC1. The lowest BCUT2D eigenvalue weighted by Crippen LogP contribution is -2.20. The number of thioether (sulfide) groups is 1. The topological polar surface area (TPSA) is 17.8 Å². The molecule has 21 heavy (non-hydrogen) atoms. The van der Waals surface area contributed by atoms with E-state index in [2.05, 4.69) is 11.2 Å². The number of nitrogens with zero attached hydrogens (tertiary/aromatic N) is 2. The summed E-state index contributed by atoms with van der Waals surface area (Å²) in [6.45, 7) is 0. The van der Waals surface area contributed by atoms with Gasteiger partial charge < -0.3 is 4.57 Å². The van der Waals surface area contributed by atoms with Gasteiger partial charge in [0.25, 0.3) is 0 Å². The monoisotopic (exact) mass is 330 g/mol. The Balaban J connectivity index is 2.04. The van der Waals surface area contributed by atoms with Crippen molar-refractivity contribution in [3.63, 3.8) is 0 Å². The second kappa shape index (κ2) is 6.13. The van der Waals surface area contributed by atoms with Crippen LogP contribution in [0.2, 0.25) is 0 Å². The third kappa shape index (κ3) is 2.78. The van der Waals surface area contributed by atoms with Gasteiger partial charge in [-0.3, -0.25) is 0 Å². The zero-order chi connectivity index (χ0) is 15.0. The molecule has 0 amide bonds. The number of fused-ring (bicyclic) bond motifs is 1. The first-order valence-corrected chi connectivity index (χ1v) is 8.91. The summed E-state index contributed by atoms with van der Waals surface area (Å²) in [4.78, 5) is 4.27. The Bertz CT molecular complexity index is 651. The molecule has 2 nitrogen and oxygen atoms in total. The number of hydrogen-bond donors (Lipinski definition) is 0. The number of hydrogen-bond acceptors (Lipinski definition) is 2. The van der Waals surface area contributed by atoms with Gasteiger partial charge in [-0.15, -0.1) is 11.6 Å². The molecule has 0 spiro atoms. The second-order valence-electron chi connectivity index (χ2n) is 5.45. The molecule has 0 saturated heterocycles. The summed E-state index contributed by atoms with van der Waals surface area (Å²) in [5.41, 5.74) is 0.745. The molecule has 0 aliphatic heterocycles. The van der Waals surface area contributed by atoms with E-state index in [-0.39, 0.29) is 17.4 Å². The van der Waals surface area contributed by atoms with E-state index < -0.39 is 11.6 Å². The molecule has 1 aromatic carbocycles. The fourth-order valence-electron chi connectivity index (χ4n) is 3.21. The number of alkyl halides is 1. The highest BCUT2D eigenvalue weighted by atomic mass is 35.5. The molecule has 114 valence electrons. The molecule has 0 bridgehead atoms. The van der Waals surface area contributed by atoms with Gasteiger partial charge in [0.15, 0.2) is 5.82 Å². The largest absolute Gasteiger partial charge is 0.324 e. The molecular formula is C15H17ClF2N2S. The van der Waals surface area contributed by atoms with Crippen LogP contribution in [0.1, 0.15) is 37.5 Å². The highest BCUT2D eigenvalue weighted by Gasteiger charge is 2.26. The molecule has 1 aromatic heterocycles. The highest BCUT2D eigenvalue weighted by Crippen LogP contribution is 2.37. The van der Waals surface area contributed by atoms with E-state index >= 15 is 0 Å². The van der Waals surface area contributed by atoms with E-state index in [4.69, 9.17) is 11.6 Å². The Kier molecular flexibility index (Phi) is 4.41. The average molecular weight is 331 g/mol. The molecule has 1 saturated carbocycles. The quantitative estimate of drug-likeness (QED) is 0.745. The van der Waals surface area contributed by atoms with Crippen LogP contribution in [0.3, 0.4) is 0 Å². The minimum Gasteiger partial charge on any atom is -0.324 e. The van der Waals surface area contributed by atoms with Gasteiger partial charge >= 0.3 is 0 Å². The summed E-state index contributed by atoms with van der Waals surface area (Å²) in [5.74, 6) is -0.352. The Morgan fingerprint density at radius 3 is 2.62 bits per heavy atom. The first kappa shape index (κ1) is 15.1. The van der Waals surface area contributed by atoms with Gasteiger partial charge in [0.1, 0.15) is 17.2 Å². The summed E-state index contributed by atoms with van der Waals surface area (Å²) in [6, 6.07) is 2.47. The number of halogens is 3. The number of rotatable bonds is 3. The lowest BCUT2D eigenvalue weighted by atomic mass is 9.94. The number of benzene rings is 1. The molecule has 1 aliphatic rings. The summed E-state index contributed by atoms with van der Waals surface area (Å²) < 4.78 is 29.4. The fourth-order valence-corrected chi connectivity index (χ4v) is 4.14. The maximum Gasteiger partial charge on any atom is 0.153 e. The van der Waals surface area contributed by atoms with E-state index in [0.29, 0.717) is 16.6 Å². The van der Waals surface area contributed by atoms with Crippen LogP contribution in [-0.2, 0) is 5.88 Å². The van der Waals surface area contributed by atoms with Gasteiger partial charge in [-0.05, 0) is 38.0 Å². The van der Waals surface area contributed by atoms with Crippen molar-refractivity contribution in [3.8, 4) is 0 Å². The molecule has 3 rings (SSSR count). The average Bonchev–Trinajstić information content (AvgIpc) is 2.86. The van der Waals surface area contributed by atoms with Gasteiger partial charge in [-0.25, -0.2) is 13.8 Å². The molecule has 1 aliphatic carbocycles. The Hall–Kier alpha value is -0.810. The zero-order valence-electron chi connectivity index (χ0n) is 11.8. The lowest BCUT2D eigenvalue weighted by Gasteiger charge is -2.29. The van der Waals surface area contributed by atoms with E-state index in [0.717, 1.165) is 31.7 Å². The van der Waals surface area contributed by atoms with Crippen LogP contribution in [0.25, 0.3) is 11.0 Å². The smallest absolute Gasteiger partial charge is 0.153 e. The summed E-state index contributed by atoms with van der Waals surface area (Å²) in [7, 11) is 0. The minimum atomic E-state index is -0.618. The van der Waals surface area contributed by atoms with Crippen molar-refractivity contribution in [3.05, 3.63) is 29.6 Å². The normalized spacial score (nSPS) is 22.9. The van der Waals surface area contributed by atoms with Crippen LogP contribution in [0.15, 0.2) is 12.1 Å². The molecule has 0 radical (unpaired) electrons. The third-order valence-corrected chi connectivity index (χ3v) is 5.63. The molecule has 0 atom stereocenters. The van der Waals surface area contributed by atoms with E-state index in [1.807, 2.05) is 16.3 Å². The van der Waals surface area contributed by atoms with Crippen LogP contribution >= 0.6 is 23.4 Å². The molecule has 2 aromatic rings. The zero-order valence-corrected chi connectivity index (χ0v) is 13.4. The van der Waals surface area contributed by atoms with Crippen LogP contribution in [0, 0.1) is 11.6 Å². The Morgan fingerprint density at radius 1 is 1.29 bits per heavy atom. The van der Waals surface area contributed by atoms with Gasteiger partial charge in [-0.2, -0.15) is 11.8 Å². The van der Waals surface area contributed by atoms with E-state index in [1.54, 1.807) is 0 Å². The minimum absolute atomic E-state index is 0.207. The predicted octanol–water partition coefficient (Wildman–Crippen LogP) is 4.90. The summed E-state index contributed by atoms with van der Waals surface area (Å²) in [6.07, 6.45) is 6.36. The van der Waals surface area contributed by atoms with Crippen LogP contribution < -0.4 is 0 Å². The van der Waals surface area contributed by atoms with Crippen molar-refractivity contribution in [1.82, 2.24) is 9.55 Å². The van der Waals surface area contributed by atoms with Crippen molar-refractivity contribution in [1.29, 1.82) is 0 Å². The number of imidazole rings is 1. The standard InChI is InChI=1S/C15H17ClF2N2S/c1-21-11-4-2-10(3-5-11)20-13-7-9(17)6-12(18)15(13)19-14(20)8-16/h6-7,10-11H,2-5,8H2,1H3. The summed E-state index contributed by atoms with van der Waals surface area (Å²) in [5, 5.41) is 0.684. The van der Waals surface area contributed by atoms with Crippen LogP contribution in [0.5, 0.6) is 0 Å². The first-order valence-electron chi connectivity index (χ1n) is 7.08. The van der Waals surface area contributed by atoms with Gasteiger partial charge in [0.05, 0.1) is 11.4 Å². The van der Waals surface area contributed by atoms with Gasteiger partial charge in [0.2, 0.25) is 0 Å². The van der Waals surface area contributed by atoms with Crippen LogP contribution in [-0.4, -0.2) is 21.1 Å². The predicted molar refractivity (Wildman–Crippen MR) is 84.0 cm³/mol. The van der Waals surface area contributed by atoms with E-state index in [1.165, 1.54) is 6.07 Å². The van der Waals surface area contributed by atoms with Gasteiger partial charge in [0, 0.05) is 17.4 Å². The van der Waals surface area contributed by atoms with Crippen LogP contribution in [0.4, 0.5) is 8.78 Å². The molecule has 0 N–H and O–H groups in total. The van der Waals surface area contributed by atoms with Gasteiger partial charge in [-0.1, -0.05) is 0 Å². The third-order valence-electron chi connectivity index (χ3n) is 4.25. The lowest BCUT2D eigenvalue weighted by molar-refractivity contribution is 0.361. The molecule has 0 unspecified atom stereocenters. The van der Waals surface area contributed by atoms with Crippen molar-refractivity contribution in [2.45, 2.75) is 42.9 Å². The van der Waals surface area contributed by atoms with E-state index in [9.17, 15) is 8.78 Å². The molecular weight excluding hydrogens is 314 g/mol. The molecule has 1 heterocycles. The van der Waals surface area contributed by atoms with Crippen molar-refractivity contribution in [2.75, 3.05) is 6.26 Å².